The molecule has 1 heterocycles. The Morgan fingerprint density at radius 2 is 2.20 bits per heavy atom. The molecule has 15 heavy (non-hydrogen) atoms. The second-order valence-corrected chi connectivity index (χ2v) is 3.21. The van der Waals surface area contributed by atoms with Crippen LogP contribution in [0, 0.1) is 0 Å². The molecule has 1 atom stereocenters. The van der Waals surface area contributed by atoms with Gasteiger partial charge >= 0.3 is 6.16 Å². The van der Waals surface area contributed by atoms with E-state index < -0.39 is 12.3 Å². The molecule has 0 spiro atoms. The number of carboxylic acid groups (broad SMARTS) is 1. The minimum Gasteiger partial charge on any atom is -0.450 e. The summed E-state index contributed by atoms with van der Waals surface area (Å²) in [6, 6.07) is 6.99. The van der Waals surface area contributed by atoms with E-state index in [0.717, 1.165) is 0 Å². The summed E-state index contributed by atoms with van der Waals surface area (Å²) in [6.07, 6.45) is -2.04. The lowest BCUT2D eigenvalue weighted by molar-refractivity contribution is -0.118. The van der Waals surface area contributed by atoms with Crippen LogP contribution in [-0.2, 0) is 9.53 Å². The predicted octanol–water partition coefficient (Wildman–Crippen LogP) is 1.76. The Morgan fingerprint density at radius 1 is 1.47 bits per heavy atom. The average molecular weight is 207 g/mol. The predicted molar refractivity (Wildman–Crippen MR) is 51.5 cm³/mol. The van der Waals surface area contributed by atoms with Gasteiger partial charge in [-0.25, -0.2) is 4.79 Å². The highest BCUT2D eigenvalue weighted by Crippen LogP contribution is 2.32. The summed E-state index contributed by atoms with van der Waals surface area (Å²) in [5, 5.41) is 11.2. The number of nitrogens with one attached hydrogen (secondary N) is 1. The van der Waals surface area contributed by atoms with E-state index in [0.29, 0.717) is 11.3 Å². The molecule has 5 nitrogen and oxygen atoms in total. The third-order valence-electron chi connectivity index (χ3n) is 2.20. The lowest BCUT2D eigenvalue weighted by Gasteiger charge is -2.24. The van der Waals surface area contributed by atoms with Crippen LogP contribution in [0.4, 0.5) is 10.5 Å². The van der Waals surface area contributed by atoms with E-state index in [2.05, 4.69) is 10.1 Å². The number of para-hydroxylation sites is 1. The van der Waals surface area contributed by atoms with Crippen LogP contribution < -0.4 is 5.32 Å². The Morgan fingerprint density at radius 3 is 2.93 bits per heavy atom. The van der Waals surface area contributed by atoms with E-state index in [1.165, 1.54) is 0 Å². The normalized spacial score (nSPS) is 18.9. The third-order valence-corrected chi connectivity index (χ3v) is 2.20. The zero-order valence-corrected chi connectivity index (χ0v) is 7.77. The van der Waals surface area contributed by atoms with E-state index in [9.17, 15) is 9.59 Å². The van der Waals surface area contributed by atoms with E-state index >= 15 is 0 Å². The van der Waals surface area contributed by atoms with Gasteiger partial charge in [0, 0.05) is 11.3 Å². The number of carbonyl (C=O) groups is 2. The Bertz CT molecular complexity index is 416. The molecule has 1 amide bonds. The summed E-state index contributed by atoms with van der Waals surface area (Å²) in [5.41, 5.74) is 1.31. The molecule has 5 heteroatoms. The van der Waals surface area contributed by atoms with E-state index in [4.69, 9.17) is 5.11 Å². The van der Waals surface area contributed by atoms with Gasteiger partial charge in [-0.2, -0.15) is 0 Å². The molecule has 0 fully saturated rings. The Balaban J connectivity index is 2.33. The van der Waals surface area contributed by atoms with Crippen LogP contribution in [0.5, 0.6) is 0 Å². The lowest BCUT2D eigenvalue weighted by Crippen LogP contribution is -2.25. The summed E-state index contributed by atoms with van der Waals surface area (Å²) < 4.78 is 4.64. The third kappa shape index (κ3) is 1.90. The van der Waals surface area contributed by atoms with Gasteiger partial charge in [0.25, 0.3) is 0 Å². The molecule has 0 radical (unpaired) electrons. The molecule has 2 rings (SSSR count). The lowest BCUT2D eigenvalue weighted by atomic mass is 10.00. The largest absolute Gasteiger partial charge is 0.506 e. The molecule has 0 aromatic heterocycles. The van der Waals surface area contributed by atoms with Gasteiger partial charge in [-0.15, -0.1) is 0 Å². The number of benzene rings is 1. The fourth-order valence-corrected chi connectivity index (χ4v) is 1.60. The fraction of sp³-hybridized carbons (Fsp3) is 0.200. The molecule has 1 aliphatic heterocycles. The number of hydrogen-bond donors (Lipinski definition) is 2. The van der Waals surface area contributed by atoms with Crippen molar-refractivity contribution in [1.29, 1.82) is 0 Å². The van der Waals surface area contributed by atoms with Crippen molar-refractivity contribution in [2.24, 2.45) is 0 Å². The standard InChI is InChI=1S/C10H9NO4/c12-9-5-8(15-10(13)14)6-3-1-2-4-7(6)11-9/h1-4,8H,5H2,(H,11,12)(H,13,14). The van der Waals surface area contributed by atoms with Gasteiger partial charge in [-0.1, -0.05) is 18.2 Å². The van der Waals surface area contributed by atoms with Crippen molar-refractivity contribution >= 4 is 17.7 Å². The van der Waals surface area contributed by atoms with Gasteiger partial charge in [0.2, 0.25) is 5.91 Å². The van der Waals surface area contributed by atoms with Gasteiger partial charge in [0.05, 0.1) is 6.42 Å². The zero-order valence-electron chi connectivity index (χ0n) is 7.77. The molecule has 2 N–H and O–H groups in total. The molecule has 78 valence electrons. The number of rotatable bonds is 1. The maximum atomic E-state index is 11.2. The van der Waals surface area contributed by atoms with Gasteiger partial charge < -0.3 is 15.2 Å². The summed E-state index contributed by atoms with van der Waals surface area (Å²) in [5.74, 6) is -0.236. The molecule has 1 unspecified atom stereocenters. The second kappa shape index (κ2) is 3.61. The molecular weight excluding hydrogens is 198 g/mol. The van der Waals surface area contributed by atoms with Gasteiger partial charge in [0.15, 0.2) is 0 Å². The zero-order chi connectivity index (χ0) is 10.8. The fourth-order valence-electron chi connectivity index (χ4n) is 1.60. The van der Waals surface area contributed by atoms with Gasteiger partial charge in [0.1, 0.15) is 6.10 Å². The van der Waals surface area contributed by atoms with Crippen LogP contribution in [0.3, 0.4) is 0 Å². The molecule has 0 saturated heterocycles. The molecular formula is C10H9NO4. The van der Waals surface area contributed by atoms with Gasteiger partial charge in [-0.3, -0.25) is 4.79 Å². The maximum absolute atomic E-state index is 11.2. The minimum atomic E-state index is -1.37. The number of amides is 1. The Labute approximate surface area is 85.7 Å². The summed E-state index contributed by atoms with van der Waals surface area (Å²) in [6.45, 7) is 0. The van der Waals surface area contributed by atoms with Crippen LogP contribution in [0.25, 0.3) is 0 Å². The van der Waals surface area contributed by atoms with E-state index in [-0.39, 0.29) is 12.3 Å². The smallest absolute Gasteiger partial charge is 0.450 e. The van der Waals surface area contributed by atoms with Crippen molar-refractivity contribution < 1.29 is 19.4 Å². The molecule has 0 aliphatic carbocycles. The van der Waals surface area contributed by atoms with Crippen LogP contribution in [0.1, 0.15) is 18.1 Å². The average Bonchev–Trinajstić information content (AvgIpc) is 2.16. The first-order valence-corrected chi connectivity index (χ1v) is 4.45. The Kier molecular flexibility index (Phi) is 2.29. The minimum absolute atomic E-state index is 0.0311. The van der Waals surface area contributed by atoms with E-state index in [1.54, 1.807) is 24.3 Å². The second-order valence-electron chi connectivity index (χ2n) is 3.21. The highest BCUT2D eigenvalue weighted by molar-refractivity contribution is 5.94. The van der Waals surface area contributed by atoms with E-state index in [1.807, 2.05) is 0 Å². The molecule has 0 saturated carbocycles. The number of fused-ring (bicyclic) bond motifs is 1. The summed E-state index contributed by atoms with van der Waals surface area (Å²) >= 11 is 0. The summed E-state index contributed by atoms with van der Waals surface area (Å²) in [7, 11) is 0. The SMILES string of the molecule is O=C1CC(OC(=O)O)c2ccccc2N1. The number of ether oxygens (including phenoxy) is 1. The van der Waals surface area contributed by atoms with Crippen molar-refractivity contribution in [2.75, 3.05) is 5.32 Å². The first-order chi connectivity index (χ1) is 7.16. The molecule has 1 aliphatic rings. The number of carbonyl (C=O) groups excluding carboxylic acids is 1. The molecule has 1 aromatic rings. The van der Waals surface area contributed by atoms with Crippen molar-refractivity contribution in [3.63, 3.8) is 0 Å². The van der Waals surface area contributed by atoms with Crippen molar-refractivity contribution in [2.45, 2.75) is 12.5 Å². The molecule has 0 bridgehead atoms. The van der Waals surface area contributed by atoms with Crippen LogP contribution in [-0.4, -0.2) is 17.2 Å². The molecule has 1 aromatic carbocycles. The topological polar surface area (TPSA) is 75.6 Å². The van der Waals surface area contributed by atoms with Crippen LogP contribution in [0.15, 0.2) is 24.3 Å². The van der Waals surface area contributed by atoms with Crippen LogP contribution in [0.2, 0.25) is 0 Å². The number of anilines is 1. The maximum Gasteiger partial charge on any atom is 0.506 e. The first kappa shape index (κ1) is 9.51. The Hall–Kier alpha value is -2.04. The highest BCUT2D eigenvalue weighted by atomic mass is 16.7. The quantitative estimate of drug-likeness (QED) is 0.688. The number of hydrogen-bond acceptors (Lipinski definition) is 3. The van der Waals surface area contributed by atoms with Crippen LogP contribution >= 0.6 is 0 Å². The highest BCUT2D eigenvalue weighted by Gasteiger charge is 2.27. The van der Waals surface area contributed by atoms with Crippen molar-refractivity contribution in [3.05, 3.63) is 29.8 Å². The summed E-state index contributed by atoms with van der Waals surface area (Å²) in [4.78, 5) is 21.7. The first-order valence-electron chi connectivity index (χ1n) is 4.45. The van der Waals surface area contributed by atoms with Crippen molar-refractivity contribution in [3.8, 4) is 0 Å². The monoisotopic (exact) mass is 207 g/mol. The van der Waals surface area contributed by atoms with Crippen molar-refractivity contribution in [1.82, 2.24) is 0 Å². The van der Waals surface area contributed by atoms with Gasteiger partial charge in [-0.05, 0) is 6.07 Å².